The lowest BCUT2D eigenvalue weighted by molar-refractivity contribution is 1.000. The highest BCUT2D eigenvalue weighted by Gasteiger charge is 2.01. The molecule has 0 aliphatic heterocycles. The largest absolute Gasteiger partial charge is 0.359 e. The van der Waals surface area contributed by atoms with E-state index in [0.29, 0.717) is 11.7 Å². The maximum Gasteiger partial charge on any atom is 0.171 e. The van der Waals surface area contributed by atoms with Crippen LogP contribution in [0.4, 0.5) is 5.69 Å². The molecule has 0 amide bonds. The fourth-order valence-corrected chi connectivity index (χ4v) is 2.30. The van der Waals surface area contributed by atoms with Gasteiger partial charge in [0.1, 0.15) is 5.01 Å². The maximum absolute atomic E-state index is 5.19. The summed E-state index contributed by atoms with van der Waals surface area (Å²) in [7, 11) is 0. The molecule has 2 aromatic rings. The molecule has 2 rings (SSSR count). The van der Waals surface area contributed by atoms with Crippen molar-refractivity contribution in [1.82, 2.24) is 10.3 Å². The van der Waals surface area contributed by atoms with Crippen LogP contribution in [0.15, 0.2) is 48.0 Å². The summed E-state index contributed by atoms with van der Waals surface area (Å²) in [5.74, 6) is 0. The second kappa shape index (κ2) is 6.45. The quantitative estimate of drug-likeness (QED) is 0.665. The van der Waals surface area contributed by atoms with E-state index in [0.717, 1.165) is 21.8 Å². The molecule has 3 nitrogen and oxygen atoms in total. The molecule has 0 unspecified atom stereocenters. The molecular weight excluding hydrogens is 274 g/mol. The van der Waals surface area contributed by atoms with E-state index in [-0.39, 0.29) is 0 Å². The Hall–Kier alpha value is -1.72. The molecule has 0 fully saturated rings. The van der Waals surface area contributed by atoms with Crippen molar-refractivity contribution in [3.05, 3.63) is 48.0 Å². The van der Waals surface area contributed by atoms with E-state index in [1.54, 1.807) is 11.3 Å². The highest BCUT2D eigenvalue weighted by Crippen LogP contribution is 2.23. The third-order valence-electron chi connectivity index (χ3n) is 2.37. The first-order valence-electron chi connectivity index (χ1n) is 5.84. The minimum atomic E-state index is 0.602. The van der Waals surface area contributed by atoms with Gasteiger partial charge < -0.3 is 10.6 Å². The zero-order chi connectivity index (χ0) is 13.7. The number of anilines is 1. The van der Waals surface area contributed by atoms with Crippen LogP contribution >= 0.6 is 23.6 Å². The molecule has 0 atom stereocenters. The normalized spacial score (nSPS) is 9.95. The zero-order valence-electron chi connectivity index (χ0n) is 10.6. The van der Waals surface area contributed by atoms with E-state index in [2.05, 4.69) is 22.2 Å². The highest BCUT2D eigenvalue weighted by molar-refractivity contribution is 7.80. The lowest BCUT2D eigenvalue weighted by atomic mass is 10.2. The van der Waals surface area contributed by atoms with Crippen LogP contribution in [0, 0.1) is 0 Å². The van der Waals surface area contributed by atoms with Gasteiger partial charge in [-0.05, 0) is 43.4 Å². The average molecular weight is 289 g/mol. The number of thiazole rings is 1. The van der Waals surface area contributed by atoms with Gasteiger partial charge in [0.15, 0.2) is 5.11 Å². The van der Waals surface area contributed by atoms with Crippen LogP contribution in [-0.4, -0.2) is 16.6 Å². The Morgan fingerprint density at radius 2 is 2.11 bits per heavy atom. The monoisotopic (exact) mass is 289 g/mol. The first-order valence-corrected chi connectivity index (χ1v) is 7.13. The van der Waals surface area contributed by atoms with Crippen molar-refractivity contribution in [2.24, 2.45) is 0 Å². The van der Waals surface area contributed by atoms with E-state index < -0.39 is 0 Å². The van der Waals surface area contributed by atoms with Crippen LogP contribution in [0.5, 0.6) is 0 Å². The smallest absolute Gasteiger partial charge is 0.171 e. The van der Waals surface area contributed by atoms with E-state index in [9.17, 15) is 0 Å². The van der Waals surface area contributed by atoms with Gasteiger partial charge >= 0.3 is 0 Å². The van der Waals surface area contributed by atoms with E-state index >= 15 is 0 Å². The van der Waals surface area contributed by atoms with Crippen molar-refractivity contribution >= 4 is 34.4 Å². The highest BCUT2D eigenvalue weighted by atomic mass is 32.1. The molecule has 0 radical (unpaired) electrons. The van der Waals surface area contributed by atoms with Gasteiger partial charge in [0.05, 0.1) is 0 Å². The van der Waals surface area contributed by atoms with Gasteiger partial charge in [0.2, 0.25) is 0 Å². The van der Waals surface area contributed by atoms with Crippen molar-refractivity contribution in [2.75, 3.05) is 11.9 Å². The summed E-state index contributed by atoms with van der Waals surface area (Å²) in [5.41, 5.74) is 3.11. The molecular formula is C14H15N3S2. The number of benzene rings is 1. The van der Waals surface area contributed by atoms with Crippen LogP contribution in [0.2, 0.25) is 0 Å². The Morgan fingerprint density at radius 1 is 1.37 bits per heavy atom. The Labute approximate surface area is 122 Å². The van der Waals surface area contributed by atoms with Crippen molar-refractivity contribution in [3.8, 4) is 10.6 Å². The zero-order valence-corrected chi connectivity index (χ0v) is 12.3. The second-order valence-electron chi connectivity index (χ2n) is 4.18. The summed E-state index contributed by atoms with van der Waals surface area (Å²) in [5, 5.41) is 9.81. The minimum Gasteiger partial charge on any atom is -0.359 e. The maximum atomic E-state index is 5.19. The van der Waals surface area contributed by atoms with Gasteiger partial charge in [0, 0.05) is 29.4 Å². The Morgan fingerprint density at radius 3 is 2.68 bits per heavy atom. The Bertz CT molecular complexity index is 559. The molecule has 2 N–H and O–H groups in total. The first kappa shape index (κ1) is 13.7. The average Bonchev–Trinajstić information content (AvgIpc) is 2.91. The summed E-state index contributed by atoms with van der Waals surface area (Å²) in [6.45, 7) is 6.46. The van der Waals surface area contributed by atoms with E-state index in [1.165, 1.54) is 0 Å². The van der Waals surface area contributed by atoms with Gasteiger partial charge in [-0.3, -0.25) is 0 Å². The van der Waals surface area contributed by atoms with Gasteiger partial charge in [-0.25, -0.2) is 4.98 Å². The molecule has 1 aromatic heterocycles. The summed E-state index contributed by atoms with van der Waals surface area (Å²) in [6, 6.07) is 8.04. The number of thiocarbonyl (C=S) groups is 1. The van der Waals surface area contributed by atoms with Crippen LogP contribution < -0.4 is 10.6 Å². The molecule has 5 heteroatoms. The summed E-state index contributed by atoms with van der Waals surface area (Å²) < 4.78 is 0. The van der Waals surface area contributed by atoms with Crippen molar-refractivity contribution in [3.63, 3.8) is 0 Å². The summed E-state index contributed by atoms with van der Waals surface area (Å²) >= 11 is 6.82. The molecule has 0 aliphatic carbocycles. The molecule has 0 spiro atoms. The minimum absolute atomic E-state index is 0.602. The predicted octanol–water partition coefficient (Wildman–Crippen LogP) is 3.67. The van der Waals surface area contributed by atoms with E-state index in [1.807, 2.05) is 42.8 Å². The summed E-state index contributed by atoms with van der Waals surface area (Å²) in [6.07, 6.45) is 1.81. The van der Waals surface area contributed by atoms with Crippen LogP contribution in [0.25, 0.3) is 10.6 Å². The lowest BCUT2D eigenvalue weighted by Crippen LogP contribution is -2.29. The molecule has 0 saturated heterocycles. The van der Waals surface area contributed by atoms with Crippen LogP contribution in [0.1, 0.15) is 6.92 Å². The Kier molecular flexibility index (Phi) is 4.65. The fourth-order valence-electron chi connectivity index (χ4n) is 1.47. The first-order chi connectivity index (χ1) is 9.15. The van der Waals surface area contributed by atoms with Crippen molar-refractivity contribution in [2.45, 2.75) is 6.92 Å². The fraction of sp³-hybridized carbons (Fsp3) is 0.143. The third-order valence-corrected chi connectivity index (χ3v) is 3.44. The molecule has 0 saturated carbocycles. The predicted molar refractivity (Wildman–Crippen MR) is 86.6 cm³/mol. The van der Waals surface area contributed by atoms with Gasteiger partial charge in [0.25, 0.3) is 0 Å². The van der Waals surface area contributed by atoms with Gasteiger partial charge in [-0.15, -0.1) is 11.3 Å². The molecule has 1 aromatic carbocycles. The molecule has 1 heterocycles. The van der Waals surface area contributed by atoms with Gasteiger partial charge in [-0.1, -0.05) is 12.2 Å². The number of hydrogen-bond donors (Lipinski definition) is 2. The van der Waals surface area contributed by atoms with Crippen molar-refractivity contribution < 1.29 is 0 Å². The lowest BCUT2D eigenvalue weighted by Gasteiger charge is -2.10. The van der Waals surface area contributed by atoms with E-state index in [4.69, 9.17) is 12.2 Å². The third kappa shape index (κ3) is 4.15. The molecule has 98 valence electrons. The van der Waals surface area contributed by atoms with Crippen LogP contribution in [-0.2, 0) is 0 Å². The number of rotatable bonds is 4. The molecule has 19 heavy (non-hydrogen) atoms. The number of nitrogens with one attached hydrogen (secondary N) is 2. The number of hydrogen-bond acceptors (Lipinski definition) is 3. The Balaban J connectivity index is 1.95. The molecule has 0 aliphatic rings. The number of nitrogens with zero attached hydrogens (tertiary/aromatic N) is 1. The SMILES string of the molecule is C=C(C)CNC(=S)Nc1ccc(-c2nccs2)cc1. The molecule has 0 bridgehead atoms. The number of aromatic nitrogens is 1. The topological polar surface area (TPSA) is 37.0 Å². The van der Waals surface area contributed by atoms with Crippen LogP contribution in [0.3, 0.4) is 0 Å². The second-order valence-corrected chi connectivity index (χ2v) is 5.48. The summed E-state index contributed by atoms with van der Waals surface area (Å²) in [4.78, 5) is 4.28. The van der Waals surface area contributed by atoms with Gasteiger partial charge in [-0.2, -0.15) is 0 Å². The van der Waals surface area contributed by atoms with Crippen molar-refractivity contribution in [1.29, 1.82) is 0 Å². The standard InChI is InChI=1S/C14H15N3S2/c1-10(2)9-16-14(18)17-12-5-3-11(4-6-12)13-15-7-8-19-13/h3-8H,1,9H2,2H3,(H2,16,17,18).